The number of carbonyl (C=O) groups excluding carboxylic acids is 1. The van der Waals surface area contributed by atoms with Crippen molar-refractivity contribution in [3.63, 3.8) is 0 Å². The molecule has 2 aromatic carbocycles. The number of hydrogen-bond donors (Lipinski definition) is 2. The van der Waals surface area contributed by atoms with Crippen molar-refractivity contribution >= 4 is 33.1 Å². The van der Waals surface area contributed by atoms with Gasteiger partial charge in [-0.05, 0) is 50.3 Å². The Labute approximate surface area is 265 Å². The Bertz CT molecular complexity index is 1530. The van der Waals surface area contributed by atoms with Gasteiger partial charge in [-0.3, -0.25) is 4.79 Å². The van der Waals surface area contributed by atoms with Gasteiger partial charge in [-0.25, -0.2) is 8.42 Å². The minimum Gasteiger partial charge on any atom is -0.462 e. The van der Waals surface area contributed by atoms with E-state index in [2.05, 4.69) is 10.3 Å². The quantitative estimate of drug-likeness (QED) is 0.240. The number of hydrogen-bond acceptors (Lipinski definition) is 10. The maximum atomic E-state index is 14.0. The molecule has 11 nitrogen and oxygen atoms in total. The van der Waals surface area contributed by atoms with Crippen molar-refractivity contribution in [1.82, 2.24) is 9.29 Å². The molecule has 0 amide bonds. The molecule has 1 aromatic heterocycles. The highest BCUT2D eigenvalue weighted by molar-refractivity contribution is 7.89. The number of rotatable bonds is 14. The highest BCUT2D eigenvalue weighted by Gasteiger charge is 2.41. The van der Waals surface area contributed by atoms with Gasteiger partial charge in [-0.15, -0.1) is 0 Å². The van der Waals surface area contributed by atoms with Gasteiger partial charge in [0.25, 0.3) is 6.01 Å². The maximum Gasteiger partial charge on any atom is 0.306 e. The molecular formula is C33H45N3O8S. The molecule has 5 rings (SSSR count). The van der Waals surface area contributed by atoms with E-state index in [0.717, 1.165) is 12.0 Å². The number of benzene rings is 2. The normalized spacial score (nSPS) is 21.7. The molecule has 2 aliphatic rings. The standard InChI is InChI=1S/C33H45N3O8S/c1-21(2)19-36(45(39,40)25-10-11-27-30(18-25)44-33(35-27)34-22(3)4)20-28(37)24(16-23-8-6-5-7-9-23)17-31(38)43-29-13-15-42-32-26(29)12-14-41-32/h5-11,18,21-22,24,26,28-29,32,37H,12-17,19-20H2,1-4H3,(H,34,35)/t24-,26+,28-,29+,32-/m1/s1. The fraction of sp³-hybridized carbons (Fsp3) is 0.576. The molecule has 0 aliphatic carbocycles. The van der Waals surface area contributed by atoms with Gasteiger partial charge in [-0.2, -0.15) is 9.29 Å². The second-order valence-corrected chi connectivity index (χ2v) is 14.7. The molecule has 5 atom stereocenters. The van der Waals surface area contributed by atoms with E-state index in [1.165, 1.54) is 16.4 Å². The minimum atomic E-state index is -4.04. The molecule has 2 saturated heterocycles. The van der Waals surface area contributed by atoms with Crippen LogP contribution in [0, 0.1) is 17.8 Å². The first kappa shape index (κ1) is 33.3. The first-order chi connectivity index (χ1) is 21.5. The Hall–Kier alpha value is -3.03. The number of sulfonamides is 1. The first-order valence-corrected chi connectivity index (χ1v) is 17.3. The molecule has 0 radical (unpaired) electrons. The van der Waals surface area contributed by atoms with Crippen LogP contribution in [0.5, 0.6) is 0 Å². The lowest BCUT2D eigenvalue weighted by atomic mass is 9.90. The fourth-order valence-corrected chi connectivity index (χ4v) is 7.66. The fourth-order valence-electron chi connectivity index (χ4n) is 6.02. The smallest absolute Gasteiger partial charge is 0.306 e. The first-order valence-electron chi connectivity index (χ1n) is 15.8. The number of carbonyl (C=O) groups is 1. The van der Waals surface area contributed by atoms with Gasteiger partial charge in [0.1, 0.15) is 11.6 Å². The summed E-state index contributed by atoms with van der Waals surface area (Å²) in [6.45, 7) is 8.77. The van der Waals surface area contributed by atoms with Crippen molar-refractivity contribution < 1.29 is 36.9 Å². The molecule has 0 unspecified atom stereocenters. The summed E-state index contributed by atoms with van der Waals surface area (Å²) in [5.41, 5.74) is 1.82. The molecule has 0 saturated carbocycles. The highest BCUT2D eigenvalue weighted by atomic mass is 32.2. The highest BCUT2D eigenvalue weighted by Crippen LogP contribution is 2.33. The van der Waals surface area contributed by atoms with Crippen LogP contribution >= 0.6 is 0 Å². The molecule has 0 spiro atoms. The average Bonchev–Trinajstić information content (AvgIpc) is 3.63. The van der Waals surface area contributed by atoms with Crippen LogP contribution in [0.1, 0.15) is 52.5 Å². The summed E-state index contributed by atoms with van der Waals surface area (Å²) in [5, 5.41) is 14.7. The Kier molecular flexibility index (Phi) is 10.8. The number of esters is 1. The summed E-state index contributed by atoms with van der Waals surface area (Å²) in [6, 6.07) is 14.6. The van der Waals surface area contributed by atoms with E-state index in [1.54, 1.807) is 6.07 Å². The summed E-state index contributed by atoms with van der Waals surface area (Å²) in [6.07, 6.45) is -0.134. The molecule has 12 heteroatoms. The SMILES string of the molecule is CC(C)CN(C[C@@H](O)[C@@H](CC(=O)O[C@H]1CCO[C@H]2OCC[C@H]21)Cc1ccccc1)S(=O)(=O)c1ccc2nc(NC(C)C)oc2c1. The van der Waals surface area contributed by atoms with Gasteiger partial charge < -0.3 is 29.1 Å². The molecule has 3 heterocycles. The average molecular weight is 644 g/mol. The molecule has 3 aromatic rings. The van der Waals surface area contributed by atoms with Crippen LogP contribution in [0.15, 0.2) is 57.8 Å². The number of nitrogens with one attached hydrogen (secondary N) is 1. The summed E-state index contributed by atoms with van der Waals surface area (Å²) in [4.78, 5) is 17.7. The van der Waals surface area contributed by atoms with E-state index >= 15 is 0 Å². The summed E-state index contributed by atoms with van der Waals surface area (Å²) < 4.78 is 52.3. The third-order valence-corrected chi connectivity index (χ3v) is 10.0. The number of aliphatic hydroxyl groups is 1. The Morgan fingerprint density at radius 2 is 1.80 bits per heavy atom. The van der Waals surface area contributed by atoms with Crippen molar-refractivity contribution in [3.8, 4) is 0 Å². The number of aliphatic hydroxyl groups excluding tert-OH is 1. The topological polar surface area (TPSA) is 140 Å². The lowest BCUT2D eigenvalue weighted by molar-refractivity contribution is -0.195. The van der Waals surface area contributed by atoms with Crippen LogP contribution in [0.2, 0.25) is 0 Å². The van der Waals surface area contributed by atoms with Gasteiger partial charge in [0.05, 0.1) is 30.6 Å². The maximum absolute atomic E-state index is 14.0. The van der Waals surface area contributed by atoms with Crippen molar-refractivity contribution in [2.45, 2.75) is 82.8 Å². The van der Waals surface area contributed by atoms with Gasteiger partial charge >= 0.3 is 5.97 Å². The minimum absolute atomic E-state index is 0.00851. The number of anilines is 1. The lowest BCUT2D eigenvalue weighted by Crippen LogP contribution is -2.43. The third-order valence-electron chi connectivity index (χ3n) is 8.21. The number of oxazole rings is 1. The van der Waals surface area contributed by atoms with E-state index in [9.17, 15) is 18.3 Å². The zero-order chi connectivity index (χ0) is 32.1. The van der Waals surface area contributed by atoms with Gasteiger partial charge in [0.15, 0.2) is 11.9 Å². The zero-order valence-electron chi connectivity index (χ0n) is 26.4. The summed E-state index contributed by atoms with van der Waals surface area (Å²) in [7, 11) is -4.04. The van der Waals surface area contributed by atoms with Gasteiger partial charge in [-0.1, -0.05) is 44.2 Å². The molecule has 246 valence electrons. The zero-order valence-corrected chi connectivity index (χ0v) is 27.2. The number of ether oxygens (including phenoxy) is 3. The molecule has 0 bridgehead atoms. The Balaban J connectivity index is 1.35. The summed E-state index contributed by atoms with van der Waals surface area (Å²) in [5.74, 6) is -1.03. The summed E-state index contributed by atoms with van der Waals surface area (Å²) >= 11 is 0. The number of nitrogens with zero attached hydrogens (tertiary/aromatic N) is 2. The largest absolute Gasteiger partial charge is 0.462 e. The van der Waals surface area contributed by atoms with Crippen LogP contribution in [-0.4, -0.2) is 79.6 Å². The predicted molar refractivity (Wildman–Crippen MR) is 169 cm³/mol. The van der Waals surface area contributed by atoms with E-state index in [1.807, 2.05) is 58.0 Å². The molecule has 2 N–H and O–H groups in total. The van der Waals surface area contributed by atoms with E-state index in [-0.39, 0.29) is 54.7 Å². The Morgan fingerprint density at radius 3 is 2.51 bits per heavy atom. The van der Waals surface area contributed by atoms with Crippen LogP contribution in [-0.2, 0) is 35.4 Å². The number of fused-ring (bicyclic) bond motifs is 2. The van der Waals surface area contributed by atoms with Gasteiger partial charge in [0, 0.05) is 43.5 Å². The molecular weight excluding hydrogens is 598 g/mol. The lowest BCUT2D eigenvalue weighted by Gasteiger charge is -2.33. The Morgan fingerprint density at radius 1 is 1.07 bits per heavy atom. The molecule has 2 aliphatic heterocycles. The van der Waals surface area contributed by atoms with E-state index < -0.39 is 28.0 Å². The van der Waals surface area contributed by atoms with Crippen molar-refractivity contribution in [2.24, 2.45) is 17.8 Å². The second-order valence-electron chi connectivity index (χ2n) is 12.8. The molecule has 45 heavy (non-hydrogen) atoms. The second kappa shape index (κ2) is 14.6. The van der Waals surface area contributed by atoms with E-state index in [0.29, 0.717) is 43.2 Å². The third kappa shape index (κ3) is 8.42. The van der Waals surface area contributed by atoms with Crippen LogP contribution in [0.4, 0.5) is 6.01 Å². The number of aromatic nitrogens is 1. The van der Waals surface area contributed by atoms with Crippen LogP contribution in [0.25, 0.3) is 11.1 Å². The monoisotopic (exact) mass is 643 g/mol. The van der Waals surface area contributed by atoms with Crippen molar-refractivity contribution in [1.29, 1.82) is 0 Å². The van der Waals surface area contributed by atoms with Crippen molar-refractivity contribution in [3.05, 3.63) is 54.1 Å². The van der Waals surface area contributed by atoms with Crippen LogP contribution in [0.3, 0.4) is 0 Å². The predicted octanol–water partition coefficient (Wildman–Crippen LogP) is 4.60. The van der Waals surface area contributed by atoms with Crippen molar-refractivity contribution in [2.75, 3.05) is 31.6 Å². The van der Waals surface area contributed by atoms with E-state index in [4.69, 9.17) is 18.6 Å². The van der Waals surface area contributed by atoms with Gasteiger partial charge in [0.2, 0.25) is 10.0 Å². The molecule has 2 fully saturated rings. The van der Waals surface area contributed by atoms with Crippen LogP contribution < -0.4 is 5.32 Å².